The van der Waals surface area contributed by atoms with Crippen LogP contribution in [0.4, 0.5) is 0 Å². The van der Waals surface area contributed by atoms with E-state index in [-0.39, 0.29) is 0 Å². The highest BCUT2D eigenvalue weighted by Crippen LogP contribution is 2.03. The van der Waals surface area contributed by atoms with Gasteiger partial charge in [-0.1, -0.05) is 18.9 Å². The predicted molar refractivity (Wildman–Crippen MR) is 59.9 cm³/mol. The first kappa shape index (κ1) is 12.0. The van der Waals surface area contributed by atoms with E-state index < -0.39 is 0 Å². The molecule has 0 aromatic carbocycles. The maximum Gasteiger partial charge on any atom is 0.0132 e. The summed E-state index contributed by atoms with van der Waals surface area (Å²) in [5.74, 6) is 1.32. The highest BCUT2D eigenvalue weighted by atomic mass is 32.2. The molecule has 0 amide bonds. The normalized spacial score (nSPS) is 10.1. The molecule has 0 saturated heterocycles. The molecule has 0 atom stereocenters. The second kappa shape index (κ2) is 11.1. The zero-order valence-corrected chi connectivity index (χ0v) is 8.96. The van der Waals surface area contributed by atoms with Crippen molar-refractivity contribution in [2.75, 3.05) is 25.1 Å². The molecule has 0 aliphatic carbocycles. The van der Waals surface area contributed by atoms with Crippen molar-refractivity contribution in [3.63, 3.8) is 0 Å². The molecule has 1 nitrogen and oxygen atoms in total. The zero-order chi connectivity index (χ0) is 9.07. The molecular formula is C10H21NS. The van der Waals surface area contributed by atoms with Gasteiger partial charge < -0.3 is 5.32 Å². The number of rotatable bonds is 9. The standard InChI is InChI=1S/C10H21NS/c1-3-8-11-9-6-4-5-7-10-12-2/h3,11H,1,4-10H2,2H3. The van der Waals surface area contributed by atoms with Crippen LogP contribution in [0.1, 0.15) is 25.7 Å². The summed E-state index contributed by atoms with van der Waals surface area (Å²) in [4.78, 5) is 0. The molecular weight excluding hydrogens is 166 g/mol. The molecule has 0 aromatic rings. The first-order chi connectivity index (χ1) is 5.91. The van der Waals surface area contributed by atoms with Crippen molar-refractivity contribution in [2.24, 2.45) is 0 Å². The van der Waals surface area contributed by atoms with E-state index in [0.29, 0.717) is 0 Å². The first-order valence-corrected chi connectivity index (χ1v) is 6.11. The van der Waals surface area contributed by atoms with Gasteiger partial charge in [-0.3, -0.25) is 0 Å². The van der Waals surface area contributed by atoms with Gasteiger partial charge in [0.25, 0.3) is 0 Å². The van der Waals surface area contributed by atoms with Gasteiger partial charge in [-0.2, -0.15) is 11.8 Å². The van der Waals surface area contributed by atoms with E-state index in [1.165, 1.54) is 31.4 Å². The van der Waals surface area contributed by atoms with Gasteiger partial charge in [-0.15, -0.1) is 6.58 Å². The second-order valence-electron chi connectivity index (χ2n) is 2.90. The van der Waals surface area contributed by atoms with Gasteiger partial charge in [0, 0.05) is 6.54 Å². The summed E-state index contributed by atoms with van der Waals surface area (Å²) in [5.41, 5.74) is 0. The smallest absolute Gasteiger partial charge is 0.0132 e. The molecule has 0 aromatic heterocycles. The van der Waals surface area contributed by atoms with Gasteiger partial charge in [-0.05, 0) is 31.4 Å². The molecule has 0 heterocycles. The molecule has 2 heteroatoms. The van der Waals surface area contributed by atoms with Crippen molar-refractivity contribution >= 4 is 11.8 Å². The summed E-state index contributed by atoms with van der Waals surface area (Å²) in [7, 11) is 0. The molecule has 0 fully saturated rings. The van der Waals surface area contributed by atoms with Crippen molar-refractivity contribution in [1.29, 1.82) is 0 Å². The molecule has 1 N–H and O–H groups in total. The summed E-state index contributed by atoms with van der Waals surface area (Å²) >= 11 is 1.94. The first-order valence-electron chi connectivity index (χ1n) is 4.72. The fourth-order valence-corrected chi connectivity index (χ4v) is 1.55. The van der Waals surface area contributed by atoms with E-state index in [1.54, 1.807) is 0 Å². The van der Waals surface area contributed by atoms with Crippen LogP contribution in [0.3, 0.4) is 0 Å². The highest BCUT2D eigenvalue weighted by molar-refractivity contribution is 7.98. The van der Waals surface area contributed by atoms with E-state index in [9.17, 15) is 0 Å². The van der Waals surface area contributed by atoms with Crippen LogP contribution >= 0.6 is 11.8 Å². The lowest BCUT2D eigenvalue weighted by Crippen LogP contribution is -2.14. The molecule has 0 aliphatic rings. The summed E-state index contributed by atoms with van der Waals surface area (Å²) in [6, 6.07) is 0. The van der Waals surface area contributed by atoms with E-state index in [1.807, 2.05) is 17.8 Å². The van der Waals surface area contributed by atoms with Crippen LogP contribution in [0.2, 0.25) is 0 Å². The van der Waals surface area contributed by atoms with E-state index in [4.69, 9.17) is 0 Å². The molecule has 0 spiro atoms. The van der Waals surface area contributed by atoms with Gasteiger partial charge in [-0.25, -0.2) is 0 Å². The number of hydrogen-bond donors (Lipinski definition) is 1. The molecule has 12 heavy (non-hydrogen) atoms. The minimum atomic E-state index is 0.949. The van der Waals surface area contributed by atoms with E-state index in [0.717, 1.165) is 13.1 Å². The van der Waals surface area contributed by atoms with Crippen LogP contribution in [0, 0.1) is 0 Å². The summed E-state index contributed by atoms with van der Waals surface area (Å²) in [5, 5.41) is 3.30. The minimum Gasteiger partial charge on any atom is -0.313 e. The van der Waals surface area contributed by atoms with Crippen molar-refractivity contribution in [2.45, 2.75) is 25.7 Å². The van der Waals surface area contributed by atoms with Crippen LogP contribution in [0.5, 0.6) is 0 Å². The topological polar surface area (TPSA) is 12.0 Å². The molecule has 0 rings (SSSR count). The van der Waals surface area contributed by atoms with Gasteiger partial charge in [0.15, 0.2) is 0 Å². The van der Waals surface area contributed by atoms with Crippen molar-refractivity contribution in [3.8, 4) is 0 Å². The Morgan fingerprint density at radius 3 is 2.67 bits per heavy atom. The Labute approximate surface area is 81.0 Å². The van der Waals surface area contributed by atoms with Gasteiger partial charge >= 0.3 is 0 Å². The number of hydrogen-bond acceptors (Lipinski definition) is 2. The average molecular weight is 187 g/mol. The van der Waals surface area contributed by atoms with Crippen molar-refractivity contribution in [3.05, 3.63) is 12.7 Å². The fourth-order valence-electron chi connectivity index (χ4n) is 1.05. The quantitative estimate of drug-likeness (QED) is 0.440. The van der Waals surface area contributed by atoms with Gasteiger partial charge in [0.1, 0.15) is 0 Å². The van der Waals surface area contributed by atoms with Gasteiger partial charge in [0.05, 0.1) is 0 Å². The summed E-state index contributed by atoms with van der Waals surface area (Å²) < 4.78 is 0. The third-order valence-corrected chi connectivity index (χ3v) is 2.44. The minimum absolute atomic E-state index is 0.949. The highest BCUT2D eigenvalue weighted by Gasteiger charge is 1.88. The van der Waals surface area contributed by atoms with Crippen LogP contribution in [0.25, 0.3) is 0 Å². The Balaban J connectivity index is 2.77. The predicted octanol–water partition coefficient (Wildman–Crippen LogP) is 2.69. The van der Waals surface area contributed by atoms with Crippen LogP contribution in [-0.2, 0) is 0 Å². The van der Waals surface area contributed by atoms with Crippen LogP contribution in [-0.4, -0.2) is 25.1 Å². The number of nitrogens with one attached hydrogen (secondary N) is 1. The SMILES string of the molecule is C=CCNCCCCCCSC. The summed E-state index contributed by atoms with van der Waals surface area (Å²) in [6.45, 7) is 5.75. The number of unbranched alkanes of at least 4 members (excludes halogenated alkanes) is 3. The Kier molecular flexibility index (Phi) is 11.1. The summed E-state index contributed by atoms with van der Waals surface area (Å²) in [6.07, 6.45) is 9.52. The molecule has 0 radical (unpaired) electrons. The molecule has 0 bridgehead atoms. The fraction of sp³-hybridized carbons (Fsp3) is 0.800. The van der Waals surface area contributed by atoms with Crippen molar-refractivity contribution < 1.29 is 0 Å². The second-order valence-corrected chi connectivity index (χ2v) is 3.89. The maximum atomic E-state index is 3.65. The van der Waals surface area contributed by atoms with E-state index in [2.05, 4.69) is 18.2 Å². The Morgan fingerprint density at radius 2 is 2.00 bits per heavy atom. The molecule has 0 saturated carbocycles. The zero-order valence-electron chi connectivity index (χ0n) is 8.14. The monoisotopic (exact) mass is 187 g/mol. The molecule has 0 aliphatic heterocycles. The van der Waals surface area contributed by atoms with E-state index >= 15 is 0 Å². The largest absolute Gasteiger partial charge is 0.313 e. The average Bonchev–Trinajstić information content (AvgIpc) is 2.10. The van der Waals surface area contributed by atoms with Crippen LogP contribution < -0.4 is 5.32 Å². The lowest BCUT2D eigenvalue weighted by Gasteiger charge is -2.01. The Morgan fingerprint density at radius 1 is 1.25 bits per heavy atom. The number of thioether (sulfide) groups is 1. The molecule has 72 valence electrons. The third kappa shape index (κ3) is 10.0. The Hall–Kier alpha value is 0.0500. The third-order valence-electron chi connectivity index (χ3n) is 1.74. The van der Waals surface area contributed by atoms with Gasteiger partial charge in [0.2, 0.25) is 0 Å². The lowest BCUT2D eigenvalue weighted by atomic mass is 10.2. The maximum absolute atomic E-state index is 3.65. The van der Waals surface area contributed by atoms with Crippen molar-refractivity contribution in [1.82, 2.24) is 5.32 Å². The lowest BCUT2D eigenvalue weighted by molar-refractivity contribution is 0.622. The molecule has 0 unspecified atom stereocenters. The Bertz CT molecular complexity index is 93.8. The van der Waals surface area contributed by atoms with Crippen LogP contribution in [0.15, 0.2) is 12.7 Å².